The van der Waals surface area contributed by atoms with E-state index in [9.17, 15) is 13.6 Å². The maximum absolute atomic E-state index is 13.9. The van der Waals surface area contributed by atoms with Crippen molar-refractivity contribution in [3.05, 3.63) is 28.8 Å². The predicted octanol–water partition coefficient (Wildman–Crippen LogP) is 2.11. The first-order chi connectivity index (χ1) is 7.65. The van der Waals surface area contributed by atoms with Gasteiger partial charge >= 0.3 is 5.97 Å². The second kappa shape index (κ2) is 4.08. The van der Waals surface area contributed by atoms with Crippen LogP contribution in [0.5, 0.6) is 0 Å². The zero-order chi connectivity index (χ0) is 11.7. The number of fused-ring (bicyclic) bond motifs is 1. The van der Waals surface area contributed by atoms with Gasteiger partial charge in [0.05, 0.1) is 18.4 Å². The van der Waals surface area contributed by atoms with E-state index in [1.807, 2.05) is 0 Å². The number of halogens is 2. The molecule has 0 aliphatic carbocycles. The van der Waals surface area contributed by atoms with Gasteiger partial charge in [0.25, 0.3) is 0 Å². The summed E-state index contributed by atoms with van der Waals surface area (Å²) in [6, 6.07) is 0.873. The third-order valence-corrected chi connectivity index (χ3v) is 2.62. The Morgan fingerprint density at radius 1 is 1.50 bits per heavy atom. The van der Waals surface area contributed by atoms with Crippen molar-refractivity contribution in [3.63, 3.8) is 0 Å². The number of benzene rings is 1. The van der Waals surface area contributed by atoms with Crippen LogP contribution in [0.25, 0.3) is 0 Å². The van der Waals surface area contributed by atoms with E-state index in [0.717, 1.165) is 13.2 Å². The van der Waals surface area contributed by atoms with Gasteiger partial charge in [-0.25, -0.2) is 13.6 Å². The molecule has 0 saturated heterocycles. The number of hydrogen-bond donors (Lipinski definition) is 1. The average molecular weight is 227 g/mol. The number of hydrogen-bond acceptors (Lipinski definition) is 3. The molecule has 0 amide bonds. The number of carbonyl (C=O) groups is 1. The van der Waals surface area contributed by atoms with Crippen LogP contribution in [0, 0.1) is 11.6 Å². The lowest BCUT2D eigenvalue weighted by Crippen LogP contribution is -2.18. The maximum atomic E-state index is 13.9. The summed E-state index contributed by atoms with van der Waals surface area (Å²) in [4.78, 5) is 11.2. The molecule has 2 rings (SSSR count). The van der Waals surface area contributed by atoms with Gasteiger partial charge in [-0.1, -0.05) is 0 Å². The summed E-state index contributed by atoms with van der Waals surface area (Å²) in [6.07, 6.45) is 1.14. The second-order valence-electron chi connectivity index (χ2n) is 3.60. The molecule has 0 radical (unpaired) electrons. The van der Waals surface area contributed by atoms with Crippen molar-refractivity contribution in [3.8, 4) is 0 Å². The van der Waals surface area contributed by atoms with Crippen molar-refractivity contribution in [1.82, 2.24) is 0 Å². The van der Waals surface area contributed by atoms with Crippen LogP contribution in [-0.4, -0.2) is 19.6 Å². The standard InChI is InChI=1S/C11H11F2NO2/c1-16-11(15)7-5-8(12)10-6(9(7)13)3-2-4-14-10/h5,14H,2-4H2,1H3. The zero-order valence-electron chi connectivity index (χ0n) is 8.77. The van der Waals surface area contributed by atoms with E-state index in [4.69, 9.17) is 0 Å². The summed E-state index contributed by atoms with van der Waals surface area (Å²) < 4.78 is 31.8. The first kappa shape index (κ1) is 10.9. The molecular formula is C11H11F2NO2. The van der Waals surface area contributed by atoms with Gasteiger partial charge in [0, 0.05) is 12.1 Å². The number of esters is 1. The minimum Gasteiger partial charge on any atom is -0.465 e. The molecule has 1 aliphatic heterocycles. The lowest BCUT2D eigenvalue weighted by atomic mass is 9.99. The summed E-state index contributed by atoms with van der Waals surface area (Å²) >= 11 is 0. The van der Waals surface area contributed by atoms with E-state index < -0.39 is 17.6 Å². The maximum Gasteiger partial charge on any atom is 0.340 e. The van der Waals surface area contributed by atoms with Crippen molar-refractivity contribution >= 4 is 11.7 Å². The molecule has 1 N–H and O–H groups in total. The molecule has 1 heterocycles. The Balaban J connectivity index is 2.58. The molecule has 5 heteroatoms. The molecule has 1 aromatic rings. The van der Waals surface area contributed by atoms with Gasteiger partial charge in [0.15, 0.2) is 0 Å². The van der Waals surface area contributed by atoms with E-state index in [-0.39, 0.29) is 16.8 Å². The second-order valence-corrected chi connectivity index (χ2v) is 3.60. The molecule has 0 atom stereocenters. The molecule has 1 aromatic carbocycles. The molecule has 0 fully saturated rings. The minimum atomic E-state index is -0.857. The van der Waals surface area contributed by atoms with Crippen molar-refractivity contribution in [2.45, 2.75) is 12.8 Å². The fraction of sp³-hybridized carbons (Fsp3) is 0.364. The molecule has 0 unspecified atom stereocenters. The van der Waals surface area contributed by atoms with E-state index in [1.54, 1.807) is 0 Å². The van der Waals surface area contributed by atoms with Crippen LogP contribution in [-0.2, 0) is 11.2 Å². The van der Waals surface area contributed by atoms with Crippen molar-refractivity contribution in [1.29, 1.82) is 0 Å². The minimum absolute atomic E-state index is 0.163. The summed E-state index contributed by atoms with van der Waals surface area (Å²) in [7, 11) is 1.14. The molecule has 16 heavy (non-hydrogen) atoms. The summed E-state index contributed by atoms with van der Waals surface area (Å²) in [5.74, 6) is -2.16. The van der Waals surface area contributed by atoms with E-state index in [1.165, 1.54) is 0 Å². The predicted molar refractivity (Wildman–Crippen MR) is 54.5 cm³/mol. The molecule has 0 aromatic heterocycles. The third kappa shape index (κ3) is 1.62. The Hall–Kier alpha value is -1.65. The van der Waals surface area contributed by atoms with Crippen molar-refractivity contribution < 1.29 is 18.3 Å². The number of rotatable bonds is 1. The Labute approximate surface area is 91.4 Å². The van der Waals surface area contributed by atoms with Crippen LogP contribution in [0.4, 0.5) is 14.5 Å². The third-order valence-electron chi connectivity index (χ3n) is 2.62. The lowest BCUT2D eigenvalue weighted by molar-refractivity contribution is 0.0594. The summed E-state index contributed by atoms with van der Waals surface area (Å²) in [6.45, 7) is 0.612. The fourth-order valence-electron chi connectivity index (χ4n) is 1.84. The number of anilines is 1. The molecule has 0 spiro atoms. The average Bonchev–Trinajstić information content (AvgIpc) is 2.33. The van der Waals surface area contributed by atoms with Crippen molar-refractivity contribution in [2.75, 3.05) is 19.0 Å². The number of methoxy groups -OCH3 is 1. The topological polar surface area (TPSA) is 38.3 Å². The SMILES string of the molecule is COC(=O)c1cc(F)c2c(c1F)CCCN2. The van der Waals surface area contributed by atoms with Gasteiger partial charge in [-0.05, 0) is 18.9 Å². The first-order valence-corrected chi connectivity index (χ1v) is 4.98. The lowest BCUT2D eigenvalue weighted by Gasteiger charge is -2.20. The Morgan fingerprint density at radius 2 is 2.25 bits per heavy atom. The van der Waals surface area contributed by atoms with Gasteiger partial charge in [0.1, 0.15) is 11.6 Å². The monoisotopic (exact) mass is 227 g/mol. The molecule has 1 aliphatic rings. The Morgan fingerprint density at radius 3 is 2.94 bits per heavy atom. The molecule has 0 bridgehead atoms. The fourth-order valence-corrected chi connectivity index (χ4v) is 1.84. The normalized spacial score (nSPS) is 13.9. The van der Waals surface area contributed by atoms with Gasteiger partial charge in [-0.15, -0.1) is 0 Å². The van der Waals surface area contributed by atoms with Gasteiger partial charge in [-0.3, -0.25) is 0 Å². The van der Waals surface area contributed by atoms with Gasteiger partial charge in [0.2, 0.25) is 0 Å². The van der Waals surface area contributed by atoms with E-state index >= 15 is 0 Å². The highest BCUT2D eigenvalue weighted by Gasteiger charge is 2.24. The molecule has 86 valence electrons. The van der Waals surface area contributed by atoms with Gasteiger partial charge < -0.3 is 10.1 Å². The summed E-state index contributed by atoms with van der Waals surface area (Å²) in [5, 5.41) is 2.79. The Bertz CT molecular complexity index is 446. The number of carbonyl (C=O) groups excluding carboxylic acids is 1. The van der Waals surface area contributed by atoms with Crippen molar-refractivity contribution in [2.24, 2.45) is 0 Å². The van der Waals surface area contributed by atoms with Crippen LogP contribution >= 0.6 is 0 Å². The van der Waals surface area contributed by atoms with Crippen LogP contribution in [0.2, 0.25) is 0 Å². The molecular weight excluding hydrogens is 216 g/mol. The van der Waals surface area contributed by atoms with Gasteiger partial charge in [-0.2, -0.15) is 0 Å². The van der Waals surface area contributed by atoms with Crippen LogP contribution < -0.4 is 5.32 Å². The highest BCUT2D eigenvalue weighted by Crippen LogP contribution is 2.30. The molecule has 0 saturated carbocycles. The largest absolute Gasteiger partial charge is 0.465 e. The smallest absolute Gasteiger partial charge is 0.340 e. The zero-order valence-corrected chi connectivity index (χ0v) is 8.77. The van der Waals surface area contributed by atoms with Crippen LogP contribution in [0.1, 0.15) is 22.3 Å². The highest BCUT2D eigenvalue weighted by molar-refractivity contribution is 5.90. The highest BCUT2D eigenvalue weighted by atomic mass is 19.1. The van der Waals surface area contributed by atoms with Crippen LogP contribution in [0.15, 0.2) is 6.07 Å². The van der Waals surface area contributed by atoms with Crippen LogP contribution in [0.3, 0.4) is 0 Å². The van der Waals surface area contributed by atoms with E-state index in [0.29, 0.717) is 19.4 Å². The number of ether oxygens (including phenoxy) is 1. The summed E-state index contributed by atoms with van der Waals surface area (Å²) in [5.41, 5.74) is 0.0468. The molecule has 3 nitrogen and oxygen atoms in total. The van der Waals surface area contributed by atoms with E-state index in [2.05, 4.69) is 10.1 Å². The number of nitrogens with one attached hydrogen (secondary N) is 1. The quantitative estimate of drug-likeness (QED) is 0.747. The Kier molecular flexibility index (Phi) is 2.77. The first-order valence-electron chi connectivity index (χ1n) is 4.98.